The fourth-order valence-corrected chi connectivity index (χ4v) is 8.93. The van der Waals surface area contributed by atoms with E-state index in [9.17, 15) is 14.5 Å². The fourth-order valence-electron chi connectivity index (χ4n) is 6.80. The number of anilines is 1. The molecule has 3 aromatic heterocycles. The zero-order valence-corrected chi connectivity index (χ0v) is 37.0. The molecule has 2 saturated heterocycles. The molecule has 0 aromatic carbocycles. The van der Waals surface area contributed by atoms with Crippen LogP contribution in [0.1, 0.15) is 71.8 Å². The summed E-state index contributed by atoms with van der Waals surface area (Å²) in [5, 5.41) is 27.2. The Morgan fingerprint density at radius 2 is 1.89 bits per heavy atom. The van der Waals surface area contributed by atoms with Crippen molar-refractivity contribution >= 4 is 52.8 Å². The minimum absolute atomic E-state index is 0.0694. The van der Waals surface area contributed by atoms with Gasteiger partial charge in [-0.15, -0.1) is 23.9 Å². The van der Waals surface area contributed by atoms with Crippen molar-refractivity contribution in [3.05, 3.63) is 17.8 Å². The minimum Gasteiger partial charge on any atom is -0.443 e. The molecule has 1 saturated carbocycles. The van der Waals surface area contributed by atoms with Crippen LogP contribution in [0.5, 0.6) is 0 Å². The van der Waals surface area contributed by atoms with Gasteiger partial charge in [-0.25, -0.2) is 19.4 Å². The van der Waals surface area contributed by atoms with Gasteiger partial charge >= 0.3 is 6.09 Å². The van der Waals surface area contributed by atoms with Crippen LogP contribution in [-0.2, 0) is 46.1 Å². The summed E-state index contributed by atoms with van der Waals surface area (Å²) in [5.41, 5.74) is -0.315. The Hall–Kier alpha value is -2.73. The minimum atomic E-state index is -3.19. The highest BCUT2D eigenvalue weighted by Crippen LogP contribution is 2.54. The highest BCUT2D eigenvalue weighted by atomic mass is 31.2. The van der Waals surface area contributed by atoms with E-state index in [0.717, 1.165) is 25.3 Å². The Kier molecular flexibility index (Phi) is 12.4. The first-order valence-electron chi connectivity index (χ1n) is 19.1. The van der Waals surface area contributed by atoms with Gasteiger partial charge in [-0.05, 0) is 78.5 Å². The van der Waals surface area contributed by atoms with Gasteiger partial charge in [0.25, 0.3) is 0 Å². The number of carbonyl (C=O) groups is 1. The maximum atomic E-state index is 13.9. The quantitative estimate of drug-likeness (QED) is 0.118. The van der Waals surface area contributed by atoms with Crippen molar-refractivity contribution in [2.75, 3.05) is 38.1 Å². The lowest BCUT2D eigenvalue weighted by Gasteiger charge is -2.37. The third-order valence-electron chi connectivity index (χ3n) is 10.1. The van der Waals surface area contributed by atoms with Gasteiger partial charge < -0.3 is 38.1 Å². The summed E-state index contributed by atoms with van der Waals surface area (Å²) in [6.45, 7) is 19.1. The summed E-state index contributed by atoms with van der Waals surface area (Å²) in [7, 11) is -1.02. The molecule has 21 heteroatoms. The Bertz CT molecular complexity index is 1940. The van der Waals surface area contributed by atoms with Gasteiger partial charge in [-0.3, -0.25) is 4.90 Å². The second-order valence-corrected chi connectivity index (χ2v) is 27.2. The smallest absolute Gasteiger partial charge is 0.416 e. The summed E-state index contributed by atoms with van der Waals surface area (Å²) in [4.78, 5) is 26.1. The highest BCUT2D eigenvalue weighted by molar-refractivity contribution is 7.63. The van der Waals surface area contributed by atoms with Crippen LogP contribution in [0.2, 0.25) is 25.7 Å². The predicted molar refractivity (Wildman–Crippen MR) is 214 cm³/mol. The van der Waals surface area contributed by atoms with Crippen LogP contribution in [0, 0.1) is 0 Å². The van der Waals surface area contributed by atoms with Gasteiger partial charge in [-0.2, -0.15) is 5.10 Å². The number of aliphatic hydroxyl groups is 1. The van der Waals surface area contributed by atoms with Gasteiger partial charge in [0.15, 0.2) is 47.2 Å². The number of rotatable bonds is 16. The van der Waals surface area contributed by atoms with Gasteiger partial charge in [-0.1, -0.05) is 19.6 Å². The molecular weight excluding hydrogens is 780 g/mol. The van der Waals surface area contributed by atoms with Crippen LogP contribution in [0.4, 0.5) is 10.6 Å². The molecule has 1 amide bonds. The van der Waals surface area contributed by atoms with Crippen LogP contribution < -0.4 is 4.90 Å². The second kappa shape index (κ2) is 16.1. The number of hydrogen-bond acceptors (Lipinski definition) is 15. The maximum Gasteiger partial charge on any atom is 0.416 e. The molecule has 3 fully saturated rings. The van der Waals surface area contributed by atoms with E-state index in [1.54, 1.807) is 34.9 Å². The molecule has 18 nitrogen and oxygen atoms in total. The molecule has 56 heavy (non-hydrogen) atoms. The van der Waals surface area contributed by atoms with E-state index in [1.807, 2.05) is 34.6 Å². The zero-order valence-electron chi connectivity index (χ0n) is 34.1. The molecule has 0 spiro atoms. The molecule has 310 valence electrons. The van der Waals surface area contributed by atoms with E-state index in [2.05, 4.69) is 43.9 Å². The first-order chi connectivity index (χ1) is 26.1. The van der Waals surface area contributed by atoms with Crippen molar-refractivity contribution in [3.8, 4) is 0 Å². The molecular formula is C35H57N9O9P2Si. The molecule has 5 heterocycles. The molecule has 0 radical (unpaired) electrons. The van der Waals surface area contributed by atoms with Crippen molar-refractivity contribution in [1.82, 2.24) is 40.0 Å². The fraction of sp³-hybridized carbons (Fsp3) is 0.771. The SMILES string of the molecule is CC(C)(C)OC(=O)N(c1nc(C=P)nc2c1cnn2[C@@H]1O[C@H](CO[C@@](CO)(Cc2nnn(COCC[Si](C)(C)C)n2)P(C)(C)=O)[C@H]2OC(C)(C)O[C@H]21)C1CCC1. The van der Waals surface area contributed by atoms with E-state index in [-0.39, 0.29) is 31.6 Å². The third kappa shape index (κ3) is 9.42. The number of amides is 1. The number of aromatic nitrogens is 8. The van der Waals surface area contributed by atoms with Gasteiger partial charge in [0, 0.05) is 32.9 Å². The highest BCUT2D eigenvalue weighted by Gasteiger charge is 2.57. The van der Waals surface area contributed by atoms with Crippen molar-refractivity contribution in [3.63, 3.8) is 0 Å². The van der Waals surface area contributed by atoms with Crippen LogP contribution >= 0.6 is 16.0 Å². The van der Waals surface area contributed by atoms with E-state index in [0.29, 0.717) is 29.3 Å². The number of tetrazole rings is 1. The lowest BCUT2D eigenvalue weighted by molar-refractivity contribution is -0.206. The third-order valence-corrected chi connectivity index (χ3v) is 14.4. The lowest BCUT2D eigenvalue weighted by atomic mass is 9.91. The summed E-state index contributed by atoms with van der Waals surface area (Å²) in [6, 6.07) is 0.903. The monoisotopic (exact) mass is 837 g/mol. The van der Waals surface area contributed by atoms with Gasteiger partial charge in [0.1, 0.15) is 31.1 Å². The summed E-state index contributed by atoms with van der Waals surface area (Å²) in [5.74, 6) is 1.53. The van der Waals surface area contributed by atoms with E-state index < -0.39 is 69.2 Å². The number of carbonyl (C=O) groups excluding carboxylic acids is 1. The van der Waals surface area contributed by atoms with Crippen LogP contribution in [-0.4, -0.2) is 139 Å². The Morgan fingerprint density at radius 3 is 2.50 bits per heavy atom. The molecule has 1 N–H and O–H groups in total. The number of ether oxygens (including phenoxy) is 6. The largest absolute Gasteiger partial charge is 0.443 e. The predicted octanol–water partition coefficient (Wildman–Crippen LogP) is 4.70. The summed E-state index contributed by atoms with van der Waals surface area (Å²) >= 11 is 0. The van der Waals surface area contributed by atoms with E-state index in [1.165, 1.54) is 4.80 Å². The van der Waals surface area contributed by atoms with Crippen molar-refractivity contribution in [2.45, 2.75) is 140 Å². The number of hydrogen-bond donors (Lipinski definition) is 1. The summed E-state index contributed by atoms with van der Waals surface area (Å²) < 4.78 is 53.0. The Labute approximate surface area is 330 Å². The Balaban J connectivity index is 1.26. The summed E-state index contributed by atoms with van der Waals surface area (Å²) in [6.07, 6.45) is 0.747. The van der Waals surface area contributed by atoms with Crippen LogP contribution in [0.25, 0.3) is 11.0 Å². The lowest BCUT2D eigenvalue weighted by Crippen LogP contribution is -2.47. The molecule has 0 bridgehead atoms. The number of fused-ring (bicyclic) bond motifs is 2. The van der Waals surface area contributed by atoms with E-state index in [4.69, 9.17) is 43.5 Å². The topological polar surface area (TPSA) is 200 Å². The molecule has 3 aliphatic rings. The number of aliphatic hydroxyl groups excluding tert-OH is 1. The number of nitrogens with zero attached hydrogens (tertiary/aromatic N) is 9. The van der Waals surface area contributed by atoms with Crippen LogP contribution in [0.3, 0.4) is 0 Å². The maximum absolute atomic E-state index is 13.9. The Morgan fingerprint density at radius 1 is 1.18 bits per heavy atom. The standard InChI is InChI=1S/C35H57N9O9P2Si/c1-33(2,3)53-32(46)43(22-12-11-13-22)29-23-17-36-44(30(23)38-26(19-54)37-29)31-28-27(51-34(4,5)52-28)24(50-31)18-49-35(20-45,55(6,7)47)16-25-39-41-42(40-25)21-48-14-15-56(8,9)10/h17,19,22,24,27-28,31,45,54H,11-16,18,20-21H2,1-10H3/t24-,27-,28-,31-,35+/m1/s1. The molecule has 0 unspecified atom stereocenters. The van der Waals surface area contributed by atoms with Crippen LogP contribution in [0.15, 0.2) is 6.20 Å². The van der Waals surface area contributed by atoms with Crippen molar-refractivity contribution in [1.29, 1.82) is 0 Å². The molecule has 6 rings (SSSR count). The van der Waals surface area contributed by atoms with E-state index >= 15 is 0 Å². The molecule has 2 aliphatic heterocycles. The first-order valence-corrected chi connectivity index (χ1v) is 25.9. The average Bonchev–Trinajstić information content (AvgIpc) is 3.83. The average molecular weight is 838 g/mol. The second-order valence-electron chi connectivity index (χ2n) is 17.8. The van der Waals surface area contributed by atoms with Crippen molar-refractivity contribution < 1.29 is 42.9 Å². The van der Waals surface area contributed by atoms with Gasteiger partial charge in [0.05, 0.1) is 24.8 Å². The molecule has 1 aliphatic carbocycles. The van der Waals surface area contributed by atoms with Gasteiger partial charge in [0.2, 0.25) is 0 Å². The molecule has 3 aromatic rings. The van der Waals surface area contributed by atoms with Crippen molar-refractivity contribution in [2.24, 2.45) is 0 Å². The molecule has 5 atom stereocenters. The zero-order chi connectivity index (χ0) is 40.8. The first kappa shape index (κ1) is 42.9. The normalized spacial score (nSPS) is 23.8.